The van der Waals surface area contributed by atoms with Crippen LogP contribution in [0.2, 0.25) is 0 Å². The normalized spacial score (nSPS) is 33.5. The van der Waals surface area contributed by atoms with E-state index in [0.717, 1.165) is 25.8 Å². The van der Waals surface area contributed by atoms with E-state index in [9.17, 15) is 9.90 Å². The second-order valence-corrected chi connectivity index (χ2v) is 5.98. The van der Waals surface area contributed by atoms with Gasteiger partial charge in [0.05, 0.1) is 0 Å². The number of carboxylic acids is 1. The molecule has 2 aliphatic rings. The Bertz CT molecular complexity index is 503. The second kappa shape index (κ2) is 5.54. The lowest BCUT2D eigenvalue weighted by Crippen LogP contribution is -2.43. The van der Waals surface area contributed by atoms with E-state index in [1.807, 2.05) is 0 Å². The fourth-order valence-corrected chi connectivity index (χ4v) is 3.76. The van der Waals surface area contributed by atoms with Crippen LogP contribution in [0.4, 0.5) is 0 Å². The quantitative estimate of drug-likeness (QED) is 0.787. The van der Waals surface area contributed by atoms with Gasteiger partial charge in [0.25, 0.3) is 0 Å². The number of rotatable bonds is 3. The van der Waals surface area contributed by atoms with Gasteiger partial charge in [-0.15, -0.1) is 0 Å². The van der Waals surface area contributed by atoms with Gasteiger partial charge in [-0.3, -0.25) is 4.79 Å². The van der Waals surface area contributed by atoms with Crippen molar-refractivity contribution in [3.05, 3.63) is 35.4 Å². The number of aryl methyl sites for hydroxylation is 1. The van der Waals surface area contributed by atoms with Crippen LogP contribution >= 0.6 is 0 Å². The first kappa shape index (κ1) is 13.6. The molecule has 1 aromatic rings. The van der Waals surface area contributed by atoms with Crippen molar-refractivity contribution in [1.82, 2.24) is 10.6 Å². The van der Waals surface area contributed by atoms with Crippen LogP contribution in [0, 0.1) is 12.8 Å². The van der Waals surface area contributed by atoms with Gasteiger partial charge in [-0.05, 0) is 43.9 Å². The number of hydrogen-bond donors (Lipinski definition) is 3. The molecule has 0 aliphatic carbocycles. The summed E-state index contributed by atoms with van der Waals surface area (Å²) in [5, 5.41) is 16.1. The maximum Gasteiger partial charge on any atom is 0.321 e. The minimum atomic E-state index is -0.714. The van der Waals surface area contributed by atoms with Crippen LogP contribution in [0.3, 0.4) is 0 Å². The summed E-state index contributed by atoms with van der Waals surface area (Å²) in [4.78, 5) is 11.3. The Kier molecular flexibility index (Phi) is 3.76. The molecule has 0 aromatic heterocycles. The molecule has 4 atom stereocenters. The Hall–Kier alpha value is -1.39. The van der Waals surface area contributed by atoms with E-state index >= 15 is 0 Å². The first-order valence-electron chi connectivity index (χ1n) is 7.44. The molecule has 2 heterocycles. The van der Waals surface area contributed by atoms with Gasteiger partial charge >= 0.3 is 5.97 Å². The summed E-state index contributed by atoms with van der Waals surface area (Å²) >= 11 is 0. The molecule has 108 valence electrons. The summed E-state index contributed by atoms with van der Waals surface area (Å²) in [5.74, 6) is -0.504. The second-order valence-electron chi connectivity index (χ2n) is 5.98. The summed E-state index contributed by atoms with van der Waals surface area (Å²) in [7, 11) is 0. The van der Waals surface area contributed by atoms with Crippen molar-refractivity contribution in [2.75, 3.05) is 6.54 Å². The van der Waals surface area contributed by atoms with Crippen LogP contribution in [-0.2, 0) is 4.79 Å². The van der Waals surface area contributed by atoms with Gasteiger partial charge in [0.2, 0.25) is 0 Å². The number of aliphatic carboxylic acids is 1. The van der Waals surface area contributed by atoms with Crippen LogP contribution in [0.15, 0.2) is 24.3 Å². The summed E-state index contributed by atoms with van der Waals surface area (Å²) < 4.78 is 0. The zero-order chi connectivity index (χ0) is 14.1. The van der Waals surface area contributed by atoms with Crippen LogP contribution in [-0.4, -0.2) is 29.7 Å². The molecule has 20 heavy (non-hydrogen) atoms. The van der Waals surface area contributed by atoms with Crippen molar-refractivity contribution in [1.29, 1.82) is 0 Å². The fourth-order valence-electron chi connectivity index (χ4n) is 3.76. The van der Waals surface area contributed by atoms with Crippen LogP contribution in [0.5, 0.6) is 0 Å². The Morgan fingerprint density at radius 2 is 2.05 bits per heavy atom. The fraction of sp³-hybridized carbons (Fsp3) is 0.562. The summed E-state index contributed by atoms with van der Waals surface area (Å²) in [6, 6.07) is 8.76. The third kappa shape index (κ3) is 2.45. The molecule has 2 fully saturated rings. The van der Waals surface area contributed by atoms with Crippen molar-refractivity contribution >= 4 is 5.97 Å². The monoisotopic (exact) mass is 274 g/mol. The molecule has 3 rings (SSSR count). The SMILES string of the molecule is Cc1ccccc1[C@@H]1CCC(C2CCN[C@@H]2C(=O)O)N1. The largest absolute Gasteiger partial charge is 0.480 e. The molecule has 1 aromatic carbocycles. The Labute approximate surface area is 119 Å². The molecular weight excluding hydrogens is 252 g/mol. The molecule has 0 amide bonds. The molecule has 2 saturated heterocycles. The molecule has 2 aliphatic heterocycles. The zero-order valence-electron chi connectivity index (χ0n) is 11.8. The summed E-state index contributed by atoms with van der Waals surface area (Å²) in [6.45, 7) is 2.95. The lowest BCUT2D eigenvalue weighted by Gasteiger charge is -2.24. The van der Waals surface area contributed by atoms with Gasteiger partial charge in [0.1, 0.15) is 6.04 Å². The van der Waals surface area contributed by atoms with Crippen molar-refractivity contribution in [3.8, 4) is 0 Å². The highest BCUT2D eigenvalue weighted by atomic mass is 16.4. The van der Waals surface area contributed by atoms with E-state index in [1.54, 1.807) is 0 Å². The number of nitrogens with one attached hydrogen (secondary N) is 2. The number of hydrogen-bond acceptors (Lipinski definition) is 3. The van der Waals surface area contributed by atoms with Crippen LogP contribution in [0.1, 0.15) is 36.4 Å². The van der Waals surface area contributed by atoms with Gasteiger partial charge in [0.15, 0.2) is 0 Å². The Balaban J connectivity index is 1.71. The highest BCUT2D eigenvalue weighted by Crippen LogP contribution is 2.34. The van der Waals surface area contributed by atoms with Gasteiger partial charge < -0.3 is 15.7 Å². The van der Waals surface area contributed by atoms with E-state index in [2.05, 4.69) is 41.8 Å². The molecule has 0 radical (unpaired) electrons. The first-order chi connectivity index (χ1) is 9.66. The topological polar surface area (TPSA) is 61.4 Å². The van der Waals surface area contributed by atoms with E-state index in [0.29, 0.717) is 12.1 Å². The first-order valence-corrected chi connectivity index (χ1v) is 7.44. The predicted octanol–water partition coefficient (Wildman–Crippen LogP) is 1.85. The molecule has 4 heteroatoms. The lowest BCUT2D eigenvalue weighted by atomic mass is 9.91. The molecule has 4 nitrogen and oxygen atoms in total. The highest BCUT2D eigenvalue weighted by Gasteiger charge is 2.41. The number of carboxylic acid groups (broad SMARTS) is 1. The maximum atomic E-state index is 11.3. The van der Waals surface area contributed by atoms with Crippen molar-refractivity contribution < 1.29 is 9.90 Å². The Morgan fingerprint density at radius 3 is 2.80 bits per heavy atom. The Morgan fingerprint density at radius 1 is 1.25 bits per heavy atom. The van der Waals surface area contributed by atoms with E-state index in [-0.39, 0.29) is 12.0 Å². The highest BCUT2D eigenvalue weighted by molar-refractivity contribution is 5.74. The van der Waals surface area contributed by atoms with Crippen LogP contribution in [0.25, 0.3) is 0 Å². The average Bonchev–Trinajstić information content (AvgIpc) is 3.07. The van der Waals surface area contributed by atoms with Gasteiger partial charge in [-0.25, -0.2) is 0 Å². The molecule has 0 spiro atoms. The standard InChI is InChI=1S/C16H22N2O2/c1-10-4-2-3-5-11(10)13-6-7-14(18-13)12-8-9-17-15(12)16(19)20/h2-5,12-15,17-18H,6-9H2,1H3,(H,19,20)/t12?,13-,14?,15-/m0/s1. The molecule has 2 unspecified atom stereocenters. The van der Waals surface area contributed by atoms with Crippen molar-refractivity contribution in [3.63, 3.8) is 0 Å². The van der Waals surface area contributed by atoms with E-state index in [1.165, 1.54) is 11.1 Å². The number of carbonyl (C=O) groups is 1. The van der Waals surface area contributed by atoms with E-state index in [4.69, 9.17) is 0 Å². The molecule has 0 saturated carbocycles. The minimum absolute atomic E-state index is 0.210. The third-order valence-electron chi connectivity index (χ3n) is 4.80. The molecule has 0 bridgehead atoms. The lowest BCUT2D eigenvalue weighted by molar-refractivity contribution is -0.140. The van der Waals surface area contributed by atoms with E-state index < -0.39 is 5.97 Å². The summed E-state index contributed by atoms with van der Waals surface area (Å²) in [5.41, 5.74) is 2.66. The van der Waals surface area contributed by atoms with Crippen molar-refractivity contribution in [2.24, 2.45) is 5.92 Å². The zero-order valence-corrected chi connectivity index (χ0v) is 11.8. The molecular formula is C16H22N2O2. The third-order valence-corrected chi connectivity index (χ3v) is 4.80. The smallest absolute Gasteiger partial charge is 0.321 e. The van der Waals surface area contributed by atoms with Gasteiger partial charge in [-0.1, -0.05) is 24.3 Å². The average molecular weight is 274 g/mol. The van der Waals surface area contributed by atoms with Crippen LogP contribution < -0.4 is 10.6 Å². The maximum absolute atomic E-state index is 11.3. The minimum Gasteiger partial charge on any atom is -0.480 e. The summed E-state index contributed by atoms with van der Waals surface area (Å²) in [6.07, 6.45) is 3.11. The predicted molar refractivity (Wildman–Crippen MR) is 77.6 cm³/mol. The molecule has 3 N–H and O–H groups in total. The van der Waals surface area contributed by atoms with Crippen molar-refractivity contribution in [2.45, 2.75) is 44.3 Å². The van der Waals surface area contributed by atoms with Gasteiger partial charge in [-0.2, -0.15) is 0 Å². The number of benzene rings is 1. The van der Waals surface area contributed by atoms with Gasteiger partial charge in [0, 0.05) is 18.0 Å².